The Morgan fingerprint density at radius 3 is 2.76 bits per heavy atom. The van der Waals surface area contributed by atoms with Crippen molar-refractivity contribution in [1.82, 2.24) is 15.1 Å². The van der Waals surface area contributed by atoms with Crippen molar-refractivity contribution < 1.29 is 9.53 Å². The summed E-state index contributed by atoms with van der Waals surface area (Å²) in [6, 6.07) is 10.3. The molecule has 1 N–H and O–H groups in total. The third kappa shape index (κ3) is 4.14. The van der Waals surface area contributed by atoms with Crippen LogP contribution in [0.15, 0.2) is 41.2 Å². The van der Waals surface area contributed by atoms with Gasteiger partial charge in [-0.1, -0.05) is 29.8 Å². The summed E-state index contributed by atoms with van der Waals surface area (Å²) in [4.78, 5) is 24.5. The van der Waals surface area contributed by atoms with Crippen LogP contribution < -0.4 is 10.9 Å². The standard InChI is InChI=1S/C19H23N3O3/c1-13-5-7-15(8-6-13)17-9-10-18(23)22(21-17)14(2)19(24)20-12-16-4-3-11-25-16/h5-10,14,16H,3-4,11-12H2,1-2H3,(H,20,24). The molecule has 1 saturated heterocycles. The Morgan fingerprint density at radius 1 is 1.32 bits per heavy atom. The molecular weight excluding hydrogens is 318 g/mol. The summed E-state index contributed by atoms with van der Waals surface area (Å²) in [6.07, 6.45) is 2.05. The largest absolute Gasteiger partial charge is 0.376 e. The number of nitrogens with one attached hydrogen (secondary N) is 1. The lowest BCUT2D eigenvalue weighted by atomic mass is 10.1. The average Bonchev–Trinajstić information content (AvgIpc) is 3.14. The lowest BCUT2D eigenvalue weighted by molar-refractivity contribution is -0.124. The molecule has 1 fully saturated rings. The number of hydrogen-bond acceptors (Lipinski definition) is 4. The van der Waals surface area contributed by atoms with Crippen molar-refractivity contribution in [3.63, 3.8) is 0 Å². The molecule has 1 aromatic carbocycles. The Bertz CT molecular complexity index is 792. The molecule has 3 rings (SSSR count). The minimum absolute atomic E-state index is 0.0692. The summed E-state index contributed by atoms with van der Waals surface area (Å²) in [7, 11) is 0. The number of carbonyl (C=O) groups is 1. The molecule has 25 heavy (non-hydrogen) atoms. The third-order valence-corrected chi connectivity index (χ3v) is 4.45. The second-order valence-electron chi connectivity index (χ2n) is 6.42. The van der Waals surface area contributed by atoms with E-state index in [9.17, 15) is 9.59 Å². The summed E-state index contributed by atoms with van der Waals surface area (Å²) >= 11 is 0. The second kappa shape index (κ2) is 7.61. The zero-order valence-electron chi connectivity index (χ0n) is 14.6. The van der Waals surface area contributed by atoms with Crippen molar-refractivity contribution in [1.29, 1.82) is 0 Å². The zero-order chi connectivity index (χ0) is 17.8. The predicted octanol–water partition coefficient (Wildman–Crippen LogP) is 2.07. The van der Waals surface area contributed by atoms with Crippen LogP contribution in [0.5, 0.6) is 0 Å². The molecule has 0 bridgehead atoms. The number of benzene rings is 1. The molecule has 0 saturated carbocycles. The van der Waals surface area contributed by atoms with E-state index in [2.05, 4.69) is 10.4 Å². The van der Waals surface area contributed by atoms with Crippen LogP contribution in [0, 0.1) is 6.92 Å². The van der Waals surface area contributed by atoms with Crippen molar-refractivity contribution >= 4 is 5.91 Å². The third-order valence-electron chi connectivity index (χ3n) is 4.45. The number of rotatable bonds is 5. The van der Waals surface area contributed by atoms with Gasteiger partial charge in [-0.3, -0.25) is 9.59 Å². The van der Waals surface area contributed by atoms with Crippen molar-refractivity contribution in [3.8, 4) is 11.3 Å². The van der Waals surface area contributed by atoms with Gasteiger partial charge in [0.2, 0.25) is 5.91 Å². The van der Waals surface area contributed by atoms with Gasteiger partial charge < -0.3 is 10.1 Å². The number of aryl methyl sites for hydroxylation is 1. The van der Waals surface area contributed by atoms with Gasteiger partial charge in [-0.05, 0) is 32.8 Å². The maximum absolute atomic E-state index is 12.4. The van der Waals surface area contributed by atoms with Crippen LogP contribution in [-0.2, 0) is 9.53 Å². The first-order chi connectivity index (χ1) is 12.0. The van der Waals surface area contributed by atoms with E-state index >= 15 is 0 Å². The highest BCUT2D eigenvalue weighted by Gasteiger charge is 2.21. The normalized spacial score (nSPS) is 18.1. The van der Waals surface area contributed by atoms with E-state index < -0.39 is 6.04 Å². The Balaban J connectivity index is 1.75. The molecule has 2 atom stereocenters. The average molecular weight is 341 g/mol. The maximum Gasteiger partial charge on any atom is 0.267 e. The number of ether oxygens (including phenoxy) is 1. The van der Waals surface area contributed by atoms with Crippen LogP contribution in [-0.4, -0.2) is 34.9 Å². The smallest absolute Gasteiger partial charge is 0.267 e. The van der Waals surface area contributed by atoms with E-state index in [1.165, 1.54) is 10.7 Å². The first-order valence-corrected chi connectivity index (χ1v) is 8.61. The topological polar surface area (TPSA) is 73.2 Å². The zero-order valence-corrected chi connectivity index (χ0v) is 14.6. The fourth-order valence-corrected chi connectivity index (χ4v) is 2.86. The Hall–Kier alpha value is -2.47. The van der Waals surface area contributed by atoms with Crippen molar-refractivity contribution in [2.45, 2.75) is 38.8 Å². The fourth-order valence-electron chi connectivity index (χ4n) is 2.86. The van der Waals surface area contributed by atoms with Gasteiger partial charge in [0.15, 0.2) is 0 Å². The molecule has 1 aromatic heterocycles. The van der Waals surface area contributed by atoms with E-state index in [0.29, 0.717) is 12.2 Å². The van der Waals surface area contributed by atoms with Crippen molar-refractivity contribution in [2.24, 2.45) is 0 Å². The molecule has 132 valence electrons. The van der Waals surface area contributed by atoms with Crippen LogP contribution in [0.4, 0.5) is 0 Å². The Kier molecular flexibility index (Phi) is 5.28. The minimum atomic E-state index is -0.681. The van der Waals surface area contributed by atoms with E-state index in [1.807, 2.05) is 31.2 Å². The van der Waals surface area contributed by atoms with Crippen LogP contribution >= 0.6 is 0 Å². The monoisotopic (exact) mass is 341 g/mol. The summed E-state index contributed by atoms with van der Waals surface area (Å²) in [5.74, 6) is -0.230. The van der Waals surface area contributed by atoms with Gasteiger partial charge in [0, 0.05) is 24.8 Å². The number of nitrogens with zero attached hydrogens (tertiary/aromatic N) is 2. The fraction of sp³-hybridized carbons (Fsp3) is 0.421. The van der Waals surface area contributed by atoms with Gasteiger partial charge in [0.05, 0.1) is 11.8 Å². The lowest BCUT2D eigenvalue weighted by Gasteiger charge is -2.16. The number of carbonyl (C=O) groups excluding carboxylic acids is 1. The Labute approximate surface area is 146 Å². The summed E-state index contributed by atoms with van der Waals surface area (Å²) < 4.78 is 6.74. The molecule has 1 aliphatic heterocycles. The highest BCUT2D eigenvalue weighted by atomic mass is 16.5. The molecule has 2 heterocycles. The predicted molar refractivity (Wildman–Crippen MR) is 95.4 cm³/mol. The highest BCUT2D eigenvalue weighted by molar-refractivity contribution is 5.79. The molecule has 2 aromatic rings. The SMILES string of the molecule is Cc1ccc(-c2ccc(=O)n(C(C)C(=O)NCC3CCCO3)n2)cc1. The van der Waals surface area contributed by atoms with Crippen molar-refractivity contribution in [3.05, 3.63) is 52.3 Å². The number of hydrogen-bond donors (Lipinski definition) is 1. The van der Waals surface area contributed by atoms with Gasteiger partial charge in [0.1, 0.15) is 6.04 Å². The highest BCUT2D eigenvalue weighted by Crippen LogP contribution is 2.17. The molecular formula is C19H23N3O3. The maximum atomic E-state index is 12.4. The van der Waals surface area contributed by atoms with Gasteiger partial charge >= 0.3 is 0 Å². The molecule has 6 heteroatoms. The van der Waals surface area contributed by atoms with E-state index in [-0.39, 0.29) is 17.6 Å². The van der Waals surface area contributed by atoms with Gasteiger partial charge in [0.25, 0.3) is 5.56 Å². The van der Waals surface area contributed by atoms with E-state index in [0.717, 1.165) is 30.6 Å². The molecule has 0 aliphatic carbocycles. The van der Waals surface area contributed by atoms with Gasteiger partial charge in [-0.2, -0.15) is 5.10 Å². The van der Waals surface area contributed by atoms with Crippen LogP contribution in [0.2, 0.25) is 0 Å². The summed E-state index contributed by atoms with van der Waals surface area (Å²) in [5, 5.41) is 7.24. The Morgan fingerprint density at radius 2 is 2.08 bits per heavy atom. The molecule has 6 nitrogen and oxygen atoms in total. The van der Waals surface area contributed by atoms with E-state index in [1.54, 1.807) is 13.0 Å². The molecule has 1 amide bonds. The first kappa shape index (κ1) is 17.4. The lowest BCUT2D eigenvalue weighted by Crippen LogP contribution is -2.39. The van der Waals surface area contributed by atoms with E-state index in [4.69, 9.17) is 4.74 Å². The van der Waals surface area contributed by atoms with Crippen molar-refractivity contribution in [2.75, 3.05) is 13.2 Å². The number of aromatic nitrogens is 2. The van der Waals surface area contributed by atoms with Gasteiger partial charge in [-0.25, -0.2) is 4.68 Å². The summed E-state index contributed by atoms with van der Waals surface area (Å²) in [5.41, 5.74) is 2.43. The number of amides is 1. The molecule has 0 spiro atoms. The van der Waals surface area contributed by atoms with Crippen LogP contribution in [0.1, 0.15) is 31.4 Å². The molecule has 0 radical (unpaired) electrons. The first-order valence-electron chi connectivity index (χ1n) is 8.61. The quantitative estimate of drug-likeness (QED) is 0.904. The van der Waals surface area contributed by atoms with Crippen LogP contribution in [0.3, 0.4) is 0 Å². The summed E-state index contributed by atoms with van der Waals surface area (Å²) in [6.45, 7) is 4.90. The van der Waals surface area contributed by atoms with Gasteiger partial charge in [-0.15, -0.1) is 0 Å². The molecule has 1 aliphatic rings. The van der Waals surface area contributed by atoms with Crippen LogP contribution in [0.25, 0.3) is 11.3 Å². The minimum Gasteiger partial charge on any atom is -0.376 e. The second-order valence-corrected chi connectivity index (χ2v) is 6.42. The molecule has 2 unspecified atom stereocenters.